The van der Waals surface area contributed by atoms with E-state index in [9.17, 15) is 14.4 Å². The van der Waals surface area contributed by atoms with Crippen molar-refractivity contribution in [1.29, 1.82) is 0 Å². The molecule has 3 N–H and O–H groups in total. The van der Waals surface area contributed by atoms with Gasteiger partial charge >= 0.3 is 11.8 Å². The molecule has 3 aromatic carbocycles. The van der Waals surface area contributed by atoms with Crippen LogP contribution in [0.2, 0.25) is 5.02 Å². The van der Waals surface area contributed by atoms with Gasteiger partial charge in [-0.3, -0.25) is 14.4 Å². The number of ether oxygens (including phenoxy) is 3. The van der Waals surface area contributed by atoms with Crippen LogP contribution < -0.4 is 30.3 Å². The van der Waals surface area contributed by atoms with E-state index in [1.54, 1.807) is 74.9 Å². The van der Waals surface area contributed by atoms with E-state index in [0.717, 1.165) is 5.56 Å². The van der Waals surface area contributed by atoms with E-state index >= 15 is 0 Å². The van der Waals surface area contributed by atoms with E-state index in [2.05, 4.69) is 21.2 Å². The van der Waals surface area contributed by atoms with Gasteiger partial charge in [-0.05, 0) is 66.1 Å². The number of hydrogen-bond acceptors (Lipinski definition) is 7. The number of halogens is 1. The molecular weight excluding hydrogens is 512 g/mol. The van der Waals surface area contributed by atoms with E-state index in [-0.39, 0.29) is 19.1 Å². The Morgan fingerprint density at radius 1 is 0.921 bits per heavy atom. The van der Waals surface area contributed by atoms with Crippen molar-refractivity contribution in [3.05, 3.63) is 82.9 Å². The number of benzene rings is 3. The second-order valence-corrected chi connectivity index (χ2v) is 8.25. The number of amides is 3. The van der Waals surface area contributed by atoms with Crippen LogP contribution in [-0.4, -0.2) is 51.3 Å². The zero-order chi connectivity index (χ0) is 27.3. The first-order valence-corrected chi connectivity index (χ1v) is 11.9. The molecule has 38 heavy (non-hydrogen) atoms. The first-order valence-electron chi connectivity index (χ1n) is 11.5. The number of methoxy groups -OCH3 is 2. The smallest absolute Gasteiger partial charge is 0.329 e. The maximum Gasteiger partial charge on any atom is 0.329 e. The monoisotopic (exact) mass is 538 g/mol. The Morgan fingerprint density at radius 2 is 1.68 bits per heavy atom. The van der Waals surface area contributed by atoms with Crippen molar-refractivity contribution >= 4 is 41.2 Å². The van der Waals surface area contributed by atoms with Crippen LogP contribution in [0.25, 0.3) is 0 Å². The molecule has 198 valence electrons. The molecule has 0 spiro atoms. The molecule has 0 aliphatic rings. The van der Waals surface area contributed by atoms with Crippen molar-refractivity contribution in [3.63, 3.8) is 0 Å². The Morgan fingerprint density at radius 3 is 2.42 bits per heavy atom. The standard InChI is InChI=1S/C27H27ClN4O6/c1-36-23-11-6-18(15-24(23)37-2)12-13-29-26(34)27(35)32-30-16-19-4-3-5-22(14-19)38-17-25(33)31-21-9-7-20(28)8-10-21/h3-11,14-16H,12-13,17H2,1-2H3,(H,29,34)(H,31,33)(H,32,35)/b30-16-. The summed E-state index contributed by atoms with van der Waals surface area (Å²) >= 11 is 5.83. The van der Waals surface area contributed by atoms with Crippen LogP contribution in [0.15, 0.2) is 71.8 Å². The van der Waals surface area contributed by atoms with Gasteiger partial charge in [0, 0.05) is 17.3 Å². The molecule has 0 fully saturated rings. The van der Waals surface area contributed by atoms with Gasteiger partial charge in [-0.1, -0.05) is 29.8 Å². The third kappa shape index (κ3) is 8.82. The number of carbonyl (C=O) groups is 3. The SMILES string of the molecule is COc1ccc(CCNC(=O)C(=O)N/N=C\c2cccc(OCC(=O)Nc3ccc(Cl)cc3)c2)cc1OC. The van der Waals surface area contributed by atoms with Gasteiger partial charge in [-0.25, -0.2) is 5.43 Å². The first-order chi connectivity index (χ1) is 18.4. The van der Waals surface area contributed by atoms with Gasteiger partial charge in [0.05, 0.1) is 20.4 Å². The van der Waals surface area contributed by atoms with Crippen molar-refractivity contribution in [3.8, 4) is 17.2 Å². The normalized spacial score (nSPS) is 10.5. The molecule has 0 atom stereocenters. The lowest BCUT2D eigenvalue weighted by molar-refractivity contribution is -0.139. The Balaban J connectivity index is 1.41. The minimum atomic E-state index is -0.903. The molecule has 0 bridgehead atoms. The van der Waals surface area contributed by atoms with Crippen LogP contribution in [0.1, 0.15) is 11.1 Å². The molecule has 10 nitrogen and oxygen atoms in total. The summed E-state index contributed by atoms with van der Waals surface area (Å²) in [4.78, 5) is 36.2. The predicted octanol–water partition coefficient (Wildman–Crippen LogP) is 3.18. The van der Waals surface area contributed by atoms with Gasteiger partial charge in [0.15, 0.2) is 18.1 Å². The van der Waals surface area contributed by atoms with Gasteiger partial charge in [0.2, 0.25) is 0 Å². The molecule has 3 rings (SSSR count). The van der Waals surface area contributed by atoms with Crippen molar-refractivity contribution in [2.75, 3.05) is 32.7 Å². The highest BCUT2D eigenvalue weighted by Gasteiger charge is 2.12. The molecule has 0 saturated carbocycles. The summed E-state index contributed by atoms with van der Waals surface area (Å²) in [5.74, 6) is -0.435. The van der Waals surface area contributed by atoms with E-state index < -0.39 is 11.8 Å². The highest BCUT2D eigenvalue weighted by molar-refractivity contribution is 6.35. The van der Waals surface area contributed by atoms with Crippen LogP contribution >= 0.6 is 11.6 Å². The number of rotatable bonds is 11. The zero-order valence-electron chi connectivity index (χ0n) is 20.8. The molecule has 11 heteroatoms. The maximum absolute atomic E-state index is 12.1. The van der Waals surface area contributed by atoms with Gasteiger partial charge in [-0.15, -0.1) is 0 Å². The summed E-state index contributed by atoms with van der Waals surface area (Å²) in [6.07, 6.45) is 1.85. The molecule has 0 aliphatic heterocycles. The topological polar surface area (TPSA) is 127 Å². The van der Waals surface area contributed by atoms with Gasteiger partial charge < -0.3 is 24.8 Å². The Kier molecular flexibility index (Phi) is 10.5. The number of nitrogens with one attached hydrogen (secondary N) is 3. The fraction of sp³-hybridized carbons (Fsp3) is 0.185. The van der Waals surface area contributed by atoms with Crippen molar-refractivity contribution in [2.24, 2.45) is 5.10 Å². The summed E-state index contributed by atoms with van der Waals surface area (Å²) in [6.45, 7) is 0.0415. The maximum atomic E-state index is 12.1. The summed E-state index contributed by atoms with van der Waals surface area (Å²) in [6, 6.07) is 18.9. The lowest BCUT2D eigenvalue weighted by atomic mass is 10.1. The van der Waals surface area contributed by atoms with Gasteiger partial charge in [0.25, 0.3) is 5.91 Å². The summed E-state index contributed by atoms with van der Waals surface area (Å²) in [5.41, 5.74) is 4.28. The number of hydrogen-bond donors (Lipinski definition) is 3. The number of carbonyl (C=O) groups excluding carboxylic acids is 3. The van der Waals surface area contributed by atoms with E-state index in [1.165, 1.54) is 6.21 Å². The number of nitrogens with zero attached hydrogens (tertiary/aromatic N) is 1. The van der Waals surface area contributed by atoms with Crippen LogP contribution in [0.5, 0.6) is 17.2 Å². The number of hydrazone groups is 1. The predicted molar refractivity (Wildman–Crippen MR) is 144 cm³/mol. The largest absolute Gasteiger partial charge is 0.493 e. The molecule has 0 unspecified atom stereocenters. The summed E-state index contributed by atoms with van der Waals surface area (Å²) < 4.78 is 16.0. The quantitative estimate of drug-likeness (QED) is 0.195. The summed E-state index contributed by atoms with van der Waals surface area (Å²) in [7, 11) is 3.09. The van der Waals surface area contributed by atoms with Crippen LogP contribution in [0, 0.1) is 0 Å². The average Bonchev–Trinajstić information content (AvgIpc) is 2.93. The molecule has 0 radical (unpaired) electrons. The number of anilines is 1. The van der Waals surface area contributed by atoms with E-state index in [0.29, 0.717) is 39.9 Å². The van der Waals surface area contributed by atoms with Crippen molar-refractivity contribution < 1.29 is 28.6 Å². The minimum absolute atomic E-state index is 0.205. The average molecular weight is 539 g/mol. The molecular formula is C27H27ClN4O6. The first kappa shape index (κ1) is 28.0. The molecule has 0 heterocycles. The molecule has 0 aromatic heterocycles. The summed E-state index contributed by atoms with van der Waals surface area (Å²) in [5, 5.41) is 9.62. The van der Waals surface area contributed by atoms with Crippen LogP contribution in [0.3, 0.4) is 0 Å². The Labute approximate surface area is 224 Å². The second kappa shape index (κ2) is 14.2. The van der Waals surface area contributed by atoms with Gasteiger partial charge in [0.1, 0.15) is 5.75 Å². The lowest BCUT2D eigenvalue weighted by Crippen LogP contribution is -2.38. The minimum Gasteiger partial charge on any atom is -0.493 e. The Hall–Kier alpha value is -4.57. The van der Waals surface area contributed by atoms with E-state index in [4.69, 9.17) is 25.8 Å². The third-order valence-corrected chi connectivity index (χ3v) is 5.34. The van der Waals surface area contributed by atoms with E-state index in [1.807, 2.05) is 6.07 Å². The highest BCUT2D eigenvalue weighted by atomic mass is 35.5. The van der Waals surface area contributed by atoms with Crippen molar-refractivity contribution in [1.82, 2.24) is 10.7 Å². The van der Waals surface area contributed by atoms with Gasteiger partial charge in [-0.2, -0.15) is 5.10 Å². The highest BCUT2D eigenvalue weighted by Crippen LogP contribution is 2.27. The molecule has 0 saturated heterocycles. The fourth-order valence-electron chi connectivity index (χ4n) is 3.22. The lowest BCUT2D eigenvalue weighted by Gasteiger charge is -2.10. The second-order valence-electron chi connectivity index (χ2n) is 7.81. The zero-order valence-corrected chi connectivity index (χ0v) is 21.6. The Bertz CT molecular complexity index is 1300. The molecule has 3 amide bonds. The molecule has 0 aliphatic carbocycles. The fourth-order valence-corrected chi connectivity index (χ4v) is 3.34. The van der Waals surface area contributed by atoms with Crippen molar-refractivity contribution in [2.45, 2.75) is 6.42 Å². The third-order valence-electron chi connectivity index (χ3n) is 5.09. The van der Waals surface area contributed by atoms with Crippen LogP contribution in [-0.2, 0) is 20.8 Å². The molecule has 3 aromatic rings. The van der Waals surface area contributed by atoms with Crippen LogP contribution in [0.4, 0.5) is 5.69 Å².